The molecule has 1 aromatic carbocycles. The van der Waals surface area contributed by atoms with Gasteiger partial charge in [0.25, 0.3) is 0 Å². The van der Waals surface area contributed by atoms with Crippen molar-refractivity contribution in [3.8, 4) is 0 Å². The third kappa shape index (κ3) is 2.69. The van der Waals surface area contributed by atoms with Crippen LogP contribution in [0.25, 0.3) is 0 Å². The highest BCUT2D eigenvalue weighted by Gasteiger charge is 2.28. The Morgan fingerprint density at radius 2 is 2.00 bits per heavy atom. The number of rotatable bonds is 3. The van der Waals surface area contributed by atoms with E-state index in [-0.39, 0.29) is 11.5 Å². The second-order valence-corrected chi connectivity index (χ2v) is 7.07. The Morgan fingerprint density at radius 1 is 1.33 bits per heavy atom. The van der Waals surface area contributed by atoms with E-state index in [1.165, 1.54) is 16.4 Å². The normalized spacial score (nSPS) is 17.9. The Bertz CT molecular complexity index is 527. The molecule has 0 amide bonds. The van der Waals surface area contributed by atoms with Gasteiger partial charge in [0, 0.05) is 24.6 Å². The lowest BCUT2D eigenvalue weighted by Gasteiger charge is -2.25. The Balaban J connectivity index is 2.39. The molecule has 1 aliphatic heterocycles. The summed E-state index contributed by atoms with van der Waals surface area (Å²) in [5, 5.41) is 8.99. The van der Waals surface area contributed by atoms with Crippen LogP contribution >= 0.6 is 11.8 Å². The number of benzene rings is 1. The van der Waals surface area contributed by atoms with E-state index in [4.69, 9.17) is 5.11 Å². The Labute approximate surface area is 110 Å². The van der Waals surface area contributed by atoms with Gasteiger partial charge in [-0.05, 0) is 17.7 Å². The molecule has 1 N–H and O–H groups in total. The maximum atomic E-state index is 13.7. The third-order valence-electron chi connectivity index (χ3n) is 2.77. The van der Waals surface area contributed by atoms with Crippen molar-refractivity contribution < 1.29 is 17.9 Å². The van der Waals surface area contributed by atoms with E-state index < -0.39 is 15.8 Å². The molecule has 0 bridgehead atoms. The number of halogens is 1. The first-order valence-corrected chi connectivity index (χ1v) is 8.12. The van der Waals surface area contributed by atoms with Gasteiger partial charge in [0.15, 0.2) is 0 Å². The zero-order valence-electron chi connectivity index (χ0n) is 9.67. The van der Waals surface area contributed by atoms with Crippen molar-refractivity contribution in [3.63, 3.8) is 0 Å². The van der Waals surface area contributed by atoms with Crippen LogP contribution in [0.4, 0.5) is 4.39 Å². The number of thioether (sulfide) groups is 1. The van der Waals surface area contributed by atoms with Crippen molar-refractivity contribution in [2.45, 2.75) is 11.5 Å². The first-order chi connectivity index (χ1) is 8.55. The van der Waals surface area contributed by atoms with E-state index in [9.17, 15) is 12.8 Å². The fraction of sp³-hybridized carbons (Fsp3) is 0.455. The summed E-state index contributed by atoms with van der Waals surface area (Å²) in [7, 11) is -3.79. The van der Waals surface area contributed by atoms with E-state index in [1.807, 2.05) is 0 Å². The van der Waals surface area contributed by atoms with Crippen LogP contribution in [0.3, 0.4) is 0 Å². The molecule has 0 spiro atoms. The van der Waals surface area contributed by atoms with Gasteiger partial charge in [-0.3, -0.25) is 0 Å². The minimum absolute atomic E-state index is 0.307. The van der Waals surface area contributed by atoms with Crippen molar-refractivity contribution >= 4 is 21.8 Å². The Morgan fingerprint density at radius 3 is 2.61 bits per heavy atom. The van der Waals surface area contributed by atoms with Gasteiger partial charge in [-0.15, -0.1) is 0 Å². The minimum Gasteiger partial charge on any atom is -0.392 e. The fourth-order valence-electron chi connectivity index (χ4n) is 1.77. The van der Waals surface area contributed by atoms with Crippen molar-refractivity contribution in [1.82, 2.24) is 4.31 Å². The molecule has 4 nitrogen and oxygen atoms in total. The summed E-state index contributed by atoms with van der Waals surface area (Å²) in [5.41, 5.74) is 0.390. The number of sulfonamides is 1. The molecule has 0 aliphatic carbocycles. The maximum absolute atomic E-state index is 13.7. The van der Waals surface area contributed by atoms with Crippen LogP contribution in [-0.4, -0.2) is 42.4 Å². The molecular formula is C11H14FNO3S2. The van der Waals surface area contributed by atoms with Crippen molar-refractivity contribution in [2.75, 3.05) is 24.6 Å². The van der Waals surface area contributed by atoms with Gasteiger partial charge in [-0.25, -0.2) is 12.8 Å². The van der Waals surface area contributed by atoms with Gasteiger partial charge in [0.2, 0.25) is 10.0 Å². The van der Waals surface area contributed by atoms with Crippen LogP contribution < -0.4 is 0 Å². The van der Waals surface area contributed by atoms with Crippen LogP contribution in [-0.2, 0) is 16.6 Å². The SMILES string of the molecule is O=S(=O)(c1cc(CO)ccc1F)N1CCSCC1. The number of aliphatic hydroxyl groups excluding tert-OH is 1. The minimum atomic E-state index is -3.79. The van der Waals surface area contributed by atoms with Gasteiger partial charge in [-0.1, -0.05) is 6.07 Å². The molecule has 1 aliphatic rings. The van der Waals surface area contributed by atoms with Gasteiger partial charge in [0.1, 0.15) is 10.7 Å². The zero-order chi connectivity index (χ0) is 13.2. The average Bonchev–Trinajstić information content (AvgIpc) is 2.40. The standard InChI is InChI=1S/C11H14FNO3S2/c12-10-2-1-9(8-14)7-11(10)18(15,16)13-3-5-17-6-4-13/h1-2,7,14H,3-6,8H2. The summed E-state index contributed by atoms with van der Waals surface area (Å²) in [6.45, 7) is 0.490. The summed E-state index contributed by atoms with van der Waals surface area (Å²) in [6.07, 6.45) is 0. The highest BCUT2D eigenvalue weighted by Crippen LogP contribution is 2.23. The van der Waals surface area contributed by atoms with Gasteiger partial charge in [-0.2, -0.15) is 16.1 Å². The lowest BCUT2D eigenvalue weighted by atomic mass is 10.2. The van der Waals surface area contributed by atoms with Crippen LogP contribution in [0, 0.1) is 5.82 Å². The largest absolute Gasteiger partial charge is 0.392 e. The molecule has 1 saturated heterocycles. The molecule has 1 heterocycles. The lowest BCUT2D eigenvalue weighted by Crippen LogP contribution is -2.38. The number of hydrogen-bond acceptors (Lipinski definition) is 4. The van der Waals surface area contributed by atoms with Gasteiger partial charge >= 0.3 is 0 Å². The van der Waals surface area contributed by atoms with E-state index >= 15 is 0 Å². The maximum Gasteiger partial charge on any atom is 0.246 e. The monoisotopic (exact) mass is 291 g/mol. The summed E-state index contributed by atoms with van der Waals surface area (Å²) >= 11 is 1.68. The van der Waals surface area contributed by atoms with E-state index in [0.717, 1.165) is 17.6 Å². The Hall–Kier alpha value is -0.630. The summed E-state index contributed by atoms with van der Waals surface area (Å²) in [4.78, 5) is -0.346. The highest BCUT2D eigenvalue weighted by molar-refractivity contribution is 7.99. The molecule has 0 atom stereocenters. The van der Waals surface area contributed by atoms with Crippen LogP contribution in [0.5, 0.6) is 0 Å². The molecule has 0 aromatic heterocycles. The predicted octanol–water partition coefficient (Wildman–Crippen LogP) is 1.06. The van der Waals surface area contributed by atoms with Crippen LogP contribution in [0.15, 0.2) is 23.1 Å². The van der Waals surface area contributed by atoms with Crippen molar-refractivity contribution in [3.05, 3.63) is 29.6 Å². The van der Waals surface area contributed by atoms with E-state index in [0.29, 0.717) is 18.7 Å². The van der Waals surface area contributed by atoms with Crippen molar-refractivity contribution in [1.29, 1.82) is 0 Å². The highest BCUT2D eigenvalue weighted by atomic mass is 32.2. The molecule has 0 unspecified atom stereocenters. The van der Waals surface area contributed by atoms with Gasteiger partial charge in [0.05, 0.1) is 6.61 Å². The molecule has 7 heteroatoms. The lowest BCUT2D eigenvalue weighted by molar-refractivity contribution is 0.281. The molecule has 100 valence electrons. The van der Waals surface area contributed by atoms with Crippen LogP contribution in [0.2, 0.25) is 0 Å². The average molecular weight is 291 g/mol. The first kappa shape index (κ1) is 13.8. The number of hydrogen-bond donors (Lipinski definition) is 1. The van der Waals surface area contributed by atoms with Crippen LogP contribution in [0.1, 0.15) is 5.56 Å². The smallest absolute Gasteiger partial charge is 0.246 e. The molecule has 2 rings (SSSR count). The third-order valence-corrected chi connectivity index (χ3v) is 5.62. The number of nitrogens with zero attached hydrogens (tertiary/aromatic N) is 1. The van der Waals surface area contributed by atoms with Crippen molar-refractivity contribution in [2.24, 2.45) is 0 Å². The molecule has 0 saturated carbocycles. The molecule has 1 fully saturated rings. The second kappa shape index (κ2) is 5.56. The molecular weight excluding hydrogens is 277 g/mol. The number of aliphatic hydroxyl groups is 1. The molecule has 1 aromatic rings. The van der Waals surface area contributed by atoms with E-state index in [2.05, 4.69) is 0 Å². The van der Waals surface area contributed by atoms with E-state index in [1.54, 1.807) is 11.8 Å². The second-order valence-electron chi connectivity index (χ2n) is 3.94. The summed E-state index contributed by atoms with van der Waals surface area (Å²) < 4.78 is 39.5. The quantitative estimate of drug-likeness (QED) is 0.904. The first-order valence-electron chi connectivity index (χ1n) is 5.53. The summed E-state index contributed by atoms with van der Waals surface area (Å²) in [6, 6.07) is 3.66. The Kier molecular flexibility index (Phi) is 4.26. The molecule has 0 radical (unpaired) electrons. The molecule has 18 heavy (non-hydrogen) atoms. The fourth-order valence-corrected chi connectivity index (χ4v) is 4.46. The topological polar surface area (TPSA) is 57.6 Å². The zero-order valence-corrected chi connectivity index (χ0v) is 11.3. The predicted molar refractivity (Wildman–Crippen MR) is 68.4 cm³/mol. The van der Waals surface area contributed by atoms with Gasteiger partial charge < -0.3 is 5.11 Å². The summed E-state index contributed by atoms with van der Waals surface area (Å²) in [5.74, 6) is 0.673.